The van der Waals surface area contributed by atoms with Crippen molar-refractivity contribution in [1.29, 1.82) is 0 Å². The van der Waals surface area contributed by atoms with Crippen LogP contribution in [0.15, 0.2) is 10.5 Å². The molecule has 12 heavy (non-hydrogen) atoms. The topological polar surface area (TPSA) is 9.23 Å². The van der Waals surface area contributed by atoms with Crippen LogP contribution in [0.5, 0.6) is 5.75 Å². The number of rotatable bonds is 1. The van der Waals surface area contributed by atoms with Gasteiger partial charge in [0.05, 0.1) is 7.11 Å². The van der Waals surface area contributed by atoms with Crippen molar-refractivity contribution in [3.63, 3.8) is 0 Å². The SMILES string of the molecule is COc1c(C)cc(C)c(Br)c1C. The number of aryl methyl sites for hydroxylation is 2. The first-order valence-electron chi connectivity index (χ1n) is 3.88. The van der Waals surface area contributed by atoms with Crippen LogP contribution in [0.1, 0.15) is 16.7 Å². The van der Waals surface area contributed by atoms with E-state index in [2.05, 4.69) is 42.8 Å². The van der Waals surface area contributed by atoms with Crippen molar-refractivity contribution in [3.8, 4) is 5.75 Å². The van der Waals surface area contributed by atoms with Crippen molar-refractivity contribution < 1.29 is 4.74 Å². The van der Waals surface area contributed by atoms with Gasteiger partial charge in [0, 0.05) is 10.0 Å². The molecular formula is C10H13BrO. The minimum absolute atomic E-state index is 0.979. The summed E-state index contributed by atoms with van der Waals surface area (Å²) in [5.74, 6) is 0.979. The summed E-state index contributed by atoms with van der Waals surface area (Å²) in [6.45, 7) is 6.21. The summed E-state index contributed by atoms with van der Waals surface area (Å²) < 4.78 is 6.43. The Kier molecular flexibility index (Phi) is 2.78. The second-order valence-electron chi connectivity index (χ2n) is 2.98. The molecule has 66 valence electrons. The van der Waals surface area contributed by atoms with Gasteiger partial charge in [-0.25, -0.2) is 0 Å². The third-order valence-corrected chi connectivity index (χ3v) is 3.23. The lowest BCUT2D eigenvalue weighted by atomic mass is 10.1. The predicted octanol–water partition coefficient (Wildman–Crippen LogP) is 3.38. The minimum Gasteiger partial charge on any atom is -0.496 e. The van der Waals surface area contributed by atoms with Crippen LogP contribution in [-0.2, 0) is 0 Å². The summed E-state index contributed by atoms with van der Waals surface area (Å²) in [6, 6.07) is 2.12. The second kappa shape index (κ2) is 3.48. The zero-order chi connectivity index (χ0) is 9.30. The molecule has 0 heterocycles. The Bertz CT molecular complexity index is 305. The number of ether oxygens (including phenoxy) is 1. The van der Waals surface area contributed by atoms with Crippen molar-refractivity contribution >= 4 is 15.9 Å². The summed E-state index contributed by atoms with van der Waals surface area (Å²) in [5, 5.41) is 0. The highest BCUT2D eigenvalue weighted by Crippen LogP contribution is 2.31. The van der Waals surface area contributed by atoms with Gasteiger partial charge in [0.1, 0.15) is 5.75 Å². The molecule has 0 atom stereocenters. The van der Waals surface area contributed by atoms with Crippen molar-refractivity contribution in [2.24, 2.45) is 0 Å². The molecule has 0 saturated heterocycles. The van der Waals surface area contributed by atoms with Crippen molar-refractivity contribution in [2.75, 3.05) is 7.11 Å². The molecular weight excluding hydrogens is 216 g/mol. The normalized spacial score (nSPS) is 10.1. The van der Waals surface area contributed by atoms with E-state index in [0.717, 1.165) is 10.2 Å². The third-order valence-electron chi connectivity index (χ3n) is 2.01. The maximum absolute atomic E-state index is 5.28. The number of methoxy groups -OCH3 is 1. The number of hydrogen-bond donors (Lipinski definition) is 0. The Morgan fingerprint density at radius 3 is 2.25 bits per heavy atom. The van der Waals surface area contributed by atoms with E-state index in [4.69, 9.17) is 4.74 Å². The Hall–Kier alpha value is -0.500. The van der Waals surface area contributed by atoms with E-state index in [9.17, 15) is 0 Å². The fraction of sp³-hybridized carbons (Fsp3) is 0.400. The molecule has 0 bridgehead atoms. The average Bonchev–Trinajstić information content (AvgIpc) is 2.01. The smallest absolute Gasteiger partial charge is 0.125 e. The van der Waals surface area contributed by atoms with Crippen LogP contribution in [0.2, 0.25) is 0 Å². The van der Waals surface area contributed by atoms with Crippen LogP contribution >= 0.6 is 15.9 Å². The maximum atomic E-state index is 5.28. The van der Waals surface area contributed by atoms with Gasteiger partial charge in [-0.3, -0.25) is 0 Å². The molecule has 2 heteroatoms. The van der Waals surface area contributed by atoms with Gasteiger partial charge in [-0.05, 0) is 31.9 Å². The van der Waals surface area contributed by atoms with E-state index in [1.807, 2.05) is 0 Å². The van der Waals surface area contributed by atoms with Gasteiger partial charge in [-0.1, -0.05) is 22.0 Å². The van der Waals surface area contributed by atoms with Gasteiger partial charge in [0.25, 0.3) is 0 Å². The number of hydrogen-bond acceptors (Lipinski definition) is 1. The Morgan fingerprint density at radius 2 is 1.75 bits per heavy atom. The lowest BCUT2D eigenvalue weighted by molar-refractivity contribution is 0.408. The number of benzene rings is 1. The first-order valence-corrected chi connectivity index (χ1v) is 4.67. The molecule has 0 aliphatic heterocycles. The molecule has 0 aliphatic carbocycles. The third kappa shape index (κ3) is 1.48. The van der Waals surface area contributed by atoms with Crippen LogP contribution in [0.4, 0.5) is 0 Å². The summed E-state index contributed by atoms with van der Waals surface area (Å²) in [7, 11) is 1.71. The van der Waals surface area contributed by atoms with E-state index in [1.54, 1.807) is 7.11 Å². The Balaban J connectivity index is 3.40. The molecule has 0 unspecified atom stereocenters. The highest BCUT2D eigenvalue weighted by molar-refractivity contribution is 9.10. The van der Waals surface area contributed by atoms with Crippen LogP contribution in [0, 0.1) is 20.8 Å². The quantitative estimate of drug-likeness (QED) is 0.717. The zero-order valence-corrected chi connectivity index (χ0v) is 9.45. The van der Waals surface area contributed by atoms with Gasteiger partial charge in [0.2, 0.25) is 0 Å². The lowest BCUT2D eigenvalue weighted by Gasteiger charge is -2.11. The van der Waals surface area contributed by atoms with Gasteiger partial charge in [0.15, 0.2) is 0 Å². The molecule has 1 rings (SSSR count). The summed E-state index contributed by atoms with van der Waals surface area (Å²) in [4.78, 5) is 0. The Labute approximate surface area is 81.9 Å². The van der Waals surface area contributed by atoms with E-state index in [1.165, 1.54) is 16.7 Å². The molecule has 0 radical (unpaired) electrons. The van der Waals surface area contributed by atoms with Crippen molar-refractivity contribution in [2.45, 2.75) is 20.8 Å². The molecule has 0 spiro atoms. The van der Waals surface area contributed by atoms with E-state index in [-0.39, 0.29) is 0 Å². The molecule has 0 aliphatic rings. The monoisotopic (exact) mass is 228 g/mol. The first-order chi connectivity index (χ1) is 5.57. The van der Waals surface area contributed by atoms with Gasteiger partial charge in [-0.15, -0.1) is 0 Å². The largest absolute Gasteiger partial charge is 0.496 e. The molecule has 1 aromatic rings. The van der Waals surface area contributed by atoms with Crippen molar-refractivity contribution in [1.82, 2.24) is 0 Å². The first kappa shape index (κ1) is 9.59. The standard InChI is InChI=1S/C10H13BrO/c1-6-5-7(2)10(12-4)8(3)9(6)11/h5H,1-4H3. The minimum atomic E-state index is 0.979. The molecule has 1 nitrogen and oxygen atoms in total. The van der Waals surface area contributed by atoms with Gasteiger partial charge >= 0.3 is 0 Å². The zero-order valence-electron chi connectivity index (χ0n) is 7.86. The molecule has 0 aromatic heterocycles. The van der Waals surface area contributed by atoms with Crippen LogP contribution in [0.25, 0.3) is 0 Å². The van der Waals surface area contributed by atoms with Crippen LogP contribution < -0.4 is 4.74 Å². The van der Waals surface area contributed by atoms with Crippen LogP contribution in [-0.4, -0.2) is 7.11 Å². The fourth-order valence-electron chi connectivity index (χ4n) is 1.46. The number of halogens is 1. The predicted molar refractivity (Wildman–Crippen MR) is 54.9 cm³/mol. The molecule has 0 fully saturated rings. The Morgan fingerprint density at radius 1 is 1.17 bits per heavy atom. The van der Waals surface area contributed by atoms with E-state index < -0.39 is 0 Å². The van der Waals surface area contributed by atoms with E-state index in [0.29, 0.717) is 0 Å². The lowest BCUT2D eigenvalue weighted by Crippen LogP contribution is -1.93. The summed E-state index contributed by atoms with van der Waals surface area (Å²) in [6.07, 6.45) is 0. The fourth-order valence-corrected chi connectivity index (χ4v) is 1.75. The van der Waals surface area contributed by atoms with Gasteiger partial charge < -0.3 is 4.74 Å². The highest BCUT2D eigenvalue weighted by Gasteiger charge is 2.08. The molecule has 0 saturated carbocycles. The van der Waals surface area contributed by atoms with Crippen LogP contribution in [0.3, 0.4) is 0 Å². The molecule has 0 N–H and O–H groups in total. The molecule has 1 aromatic carbocycles. The summed E-state index contributed by atoms with van der Waals surface area (Å²) >= 11 is 3.52. The molecule has 0 amide bonds. The van der Waals surface area contributed by atoms with E-state index >= 15 is 0 Å². The summed E-state index contributed by atoms with van der Waals surface area (Å²) in [5.41, 5.74) is 3.62. The average molecular weight is 229 g/mol. The maximum Gasteiger partial charge on any atom is 0.125 e. The van der Waals surface area contributed by atoms with Crippen molar-refractivity contribution in [3.05, 3.63) is 27.2 Å². The second-order valence-corrected chi connectivity index (χ2v) is 3.78. The highest BCUT2D eigenvalue weighted by atomic mass is 79.9. The van der Waals surface area contributed by atoms with Gasteiger partial charge in [-0.2, -0.15) is 0 Å².